The van der Waals surface area contributed by atoms with Gasteiger partial charge in [0.05, 0.1) is 12.1 Å². The van der Waals surface area contributed by atoms with Gasteiger partial charge in [0, 0.05) is 18.7 Å². The lowest BCUT2D eigenvalue weighted by Gasteiger charge is -2.19. The summed E-state index contributed by atoms with van der Waals surface area (Å²) in [5, 5.41) is 13.4. The van der Waals surface area contributed by atoms with Crippen molar-refractivity contribution in [1.29, 1.82) is 0 Å². The molecule has 8 heteroatoms. The maximum atomic E-state index is 12.2. The van der Waals surface area contributed by atoms with Crippen LogP contribution in [0.4, 0.5) is 11.6 Å². The van der Waals surface area contributed by atoms with Gasteiger partial charge in [-0.05, 0) is 37.1 Å². The summed E-state index contributed by atoms with van der Waals surface area (Å²) in [6, 6.07) is 9.44. The molecule has 1 saturated heterocycles. The van der Waals surface area contributed by atoms with E-state index >= 15 is 0 Å². The first-order valence-electron chi connectivity index (χ1n) is 7.91. The molecule has 8 nitrogen and oxygen atoms in total. The number of nitro groups is 1. The second kappa shape index (κ2) is 6.76. The van der Waals surface area contributed by atoms with E-state index in [1.165, 1.54) is 6.07 Å². The molecule has 1 aliphatic heterocycles. The van der Waals surface area contributed by atoms with Crippen molar-refractivity contribution in [1.82, 2.24) is 5.32 Å². The molecule has 0 aliphatic carbocycles. The molecule has 2 aromatic rings. The van der Waals surface area contributed by atoms with E-state index in [0.29, 0.717) is 13.0 Å². The Bertz CT molecular complexity index is 829. The first-order valence-corrected chi connectivity index (χ1v) is 7.91. The van der Waals surface area contributed by atoms with Gasteiger partial charge >= 0.3 is 5.88 Å². The van der Waals surface area contributed by atoms with Gasteiger partial charge in [-0.25, -0.2) is 0 Å². The maximum Gasteiger partial charge on any atom is 0.433 e. The number of amides is 2. The number of nitrogens with one attached hydrogen (secondary N) is 1. The molecule has 1 aromatic carbocycles. The lowest BCUT2D eigenvalue weighted by Crippen LogP contribution is -2.27. The molecule has 2 amide bonds. The van der Waals surface area contributed by atoms with Crippen molar-refractivity contribution >= 4 is 23.4 Å². The number of anilines is 1. The average molecular weight is 343 g/mol. The van der Waals surface area contributed by atoms with Crippen LogP contribution in [0.5, 0.6) is 0 Å². The molecular weight excluding hydrogens is 326 g/mol. The normalized spacial score (nSPS) is 15.2. The minimum absolute atomic E-state index is 0.0942. The quantitative estimate of drug-likeness (QED) is 0.664. The zero-order valence-electron chi connectivity index (χ0n) is 13.6. The fourth-order valence-electron chi connectivity index (χ4n) is 2.78. The Hall–Kier alpha value is -3.16. The van der Waals surface area contributed by atoms with Crippen LogP contribution in [0.3, 0.4) is 0 Å². The van der Waals surface area contributed by atoms with Crippen molar-refractivity contribution in [3.63, 3.8) is 0 Å². The van der Waals surface area contributed by atoms with Crippen molar-refractivity contribution in [2.24, 2.45) is 0 Å². The molecule has 25 heavy (non-hydrogen) atoms. The predicted molar refractivity (Wildman–Crippen MR) is 89.3 cm³/mol. The topological polar surface area (TPSA) is 106 Å². The van der Waals surface area contributed by atoms with Gasteiger partial charge in [-0.2, -0.15) is 0 Å². The van der Waals surface area contributed by atoms with Crippen LogP contribution in [-0.2, 0) is 4.79 Å². The molecule has 3 rings (SSSR count). The van der Waals surface area contributed by atoms with Crippen molar-refractivity contribution in [3.8, 4) is 0 Å². The third kappa shape index (κ3) is 3.52. The van der Waals surface area contributed by atoms with Crippen LogP contribution < -0.4 is 10.2 Å². The minimum Gasteiger partial charge on any atom is -0.395 e. The van der Waals surface area contributed by atoms with Crippen LogP contribution in [0.25, 0.3) is 0 Å². The third-order valence-corrected chi connectivity index (χ3v) is 4.10. The highest BCUT2D eigenvalue weighted by molar-refractivity contribution is 5.95. The molecule has 1 atom stereocenters. The molecule has 1 N–H and O–H groups in total. The molecule has 1 aliphatic rings. The van der Waals surface area contributed by atoms with E-state index in [1.54, 1.807) is 11.8 Å². The number of rotatable bonds is 5. The van der Waals surface area contributed by atoms with Crippen LogP contribution in [0.15, 0.2) is 40.8 Å². The van der Waals surface area contributed by atoms with Crippen LogP contribution in [-0.4, -0.2) is 23.3 Å². The van der Waals surface area contributed by atoms with Gasteiger partial charge in [0.1, 0.15) is 4.92 Å². The van der Waals surface area contributed by atoms with E-state index in [9.17, 15) is 19.7 Å². The summed E-state index contributed by atoms with van der Waals surface area (Å²) >= 11 is 0. The summed E-state index contributed by atoms with van der Waals surface area (Å²) in [6.07, 6.45) is 1.39. The molecule has 2 heterocycles. The summed E-state index contributed by atoms with van der Waals surface area (Å²) in [4.78, 5) is 35.7. The van der Waals surface area contributed by atoms with E-state index in [1.807, 2.05) is 24.3 Å². The monoisotopic (exact) mass is 343 g/mol. The number of furan rings is 1. The molecule has 0 unspecified atom stereocenters. The zero-order chi connectivity index (χ0) is 18.0. The fourth-order valence-corrected chi connectivity index (χ4v) is 2.78. The van der Waals surface area contributed by atoms with Gasteiger partial charge in [-0.15, -0.1) is 0 Å². The fraction of sp³-hybridized carbons (Fsp3) is 0.294. The Labute approximate surface area is 143 Å². The first kappa shape index (κ1) is 16.7. The first-order chi connectivity index (χ1) is 12.0. The SMILES string of the molecule is C[C@@H](NC(=O)c1ccc([N+](=O)[O-])o1)c1cccc(N2CCCC2=O)c1. The van der Waals surface area contributed by atoms with Crippen LogP contribution in [0.1, 0.15) is 41.9 Å². The molecule has 0 saturated carbocycles. The number of carbonyl (C=O) groups is 2. The molecule has 130 valence electrons. The lowest BCUT2D eigenvalue weighted by molar-refractivity contribution is -0.402. The van der Waals surface area contributed by atoms with Gasteiger partial charge in [0.2, 0.25) is 5.91 Å². The molecule has 1 fully saturated rings. The number of hydrogen-bond donors (Lipinski definition) is 1. The summed E-state index contributed by atoms with van der Waals surface area (Å²) in [5.74, 6) is -1.04. The van der Waals surface area contributed by atoms with Crippen LogP contribution in [0, 0.1) is 10.1 Å². The Morgan fingerprint density at radius 3 is 2.80 bits per heavy atom. The summed E-state index contributed by atoms with van der Waals surface area (Å²) in [6.45, 7) is 2.49. The second-order valence-corrected chi connectivity index (χ2v) is 5.83. The maximum absolute atomic E-state index is 12.2. The summed E-state index contributed by atoms with van der Waals surface area (Å²) in [7, 11) is 0. The highest BCUT2D eigenvalue weighted by Gasteiger charge is 2.23. The highest BCUT2D eigenvalue weighted by atomic mass is 16.6. The Morgan fingerprint density at radius 2 is 2.16 bits per heavy atom. The van der Waals surface area contributed by atoms with Gasteiger partial charge in [0.15, 0.2) is 5.76 Å². The van der Waals surface area contributed by atoms with Gasteiger partial charge in [-0.3, -0.25) is 19.7 Å². The van der Waals surface area contributed by atoms with Gasteiger partial charge < -0.3 is 14.6 Å². The molecule has 1 aromatic heterocycles. The highest BCUT2D eigenvalue weighted by Crippen LogP contribution is 2.25. The average Bonchev–Trinajstić information content (AvgIpc) is 3.24. The Balaban J connectivity index is 1.72. The Kier molecular flexibility index (Phi) is 4.51. The Morgan fingerprint density at radius 1 is 1.36 bits per heavy atom. The summed E-state index contributed by atoms with van der Waals surface area (Å²) in [5.41, 5.74) is 1.63. The zero-order valence-corrected chi connectivity index (χ0v) is 13.6. The number of hydrogen-bond acceptors (Lipinski definition) is 5. The van der Waals surface area contributed by atoms with Crippen molar-refractivity contribution in [3.05, 3.63) is 57.8 Å². The molecular formula is C17H17N3O5. The van der Waals surface area contributed by atoms with Crippen LogP contribution in [0.2, 0.25) is 0 Å². The van der Waals surface area contributed by atoms with E-state index in [2.05, 4.69) is 5.32 Å². The molecule has 0 bridgehead atoms. The predicted octanol–water partition coefficient (Wildman–Crippen LogP) is 2.81. The molecule has 0 spiro atoms. The van der Waals surface area contributed by atoms with E-state index < -0.39 is 16.7 Å². The minimum atomic E-state index is -0.698. The summed E-state index contributed by atoms with van der Waals surface area (Å²) < 4.78 is 4.90. The number of nitrogens with zero attached hydrogens (tertiary/aromatic N) is 2. The van der Waals surface area contributed by atoms with Gasteiger partial charge in [0.25, 0.3) is 5.91 Å². The lowest BCUT2D eigenvalue weighted by atomic mass is 10.1. The van der Waals surface area contributed by atoms with E-state index in [-0.39, 0.29) is 17.7 Å². The van der Waals surface area contributed by atoms with Crippen molar-refractivity contribution in [2.75, 3.05) is 11.4 Å². The number of carbonyl (C=O) groups excluding carboxylic acids is 2. The standard InChI is InChI=1S/C17H17N3O5/c1-11(18-17(22)14-7-8-16(25-14)20(23)24)12-4-2-5-13(10-12)19-9-3-6-15(19)21/h2,4-5,7-8,10-11H,3,6,9H2,1H3,(H,18,22)/t11-/m1/s1. The molecule has 0 radical (unpaired) electrons. The van der Waals surface area contributed by atoms with E-state index in [0.717, 1.165) is 23.7 Å². The van der Waals surface area contributed by atoms with Crippen LogP contribution >= 0.6 is 0 Å². The smallest absolute Gasteiger partial charge is 0.395 e. The third-order valence-electron chi connectivity index (χ3n) is 4.10. The van der Waals surface area contributed by atoms with Crippen molar-refractivity contribution < 1.29 is 18.9 Å². The second-order valence-electron chi connectivity index (χ2n) is 5.83. The van der Waals surface area contributed by atoms with Gasteiger partial charge in [-0.1, -0.05) is 12.1 Å². The number of benzene rings is 1. The largest absolute Gasteiger partial charge is 0.433 e. The van der Waals surface area contributed by atoms with E-state index in [4.69, 9.17) is 4.42 Å². The van der Waals surface area contributed by atoms with Crippen molar-refractivity contribution in [2.45, 2.75) is 25.8 Å².